The normalized spacial score (nSPS) is 12.9. The van der Waals surface area contributed by atoms with Crippen molar-refractivity contribution >= 4 is 0 Å². The summed E-state index contributed by atoms with van der Waals surface area (Å²) in [6.07, 6.45) is 11.1. The van der Waals surface area contributed by atoms with Gasteiger partial charge >= 0.3 is 0 Å². The van der Waals surface area contributed by atoms with Gasteiger partial charge in [0.2, 0.25) is 0 Å². The molecule has 1 atom stereocenters. The third kappa shape index (κ3) is 9.78. The first-order chi connectivity index (χ1) is 7.85. The van der Waals surface area contributed by atoms with Crippen LogP contribution in [-0.2, 0) is 9.47 Å². The van der Waals surface area contributed by atoms with Crippen molar-refractivity contribution < 1.29 is 9.47 Å². The summed E-state index contributed by atoms with van der Waals surface area (Å²) in [5.74, 6) is 0. The molecule has 0 heterocycles. The van der Waals surface area contributed by atoms with Crippen LogP contribution in [0.25, 0.3) is 0 Å². The van der Waals surface area contributed by atoms with E-state index in [9.17, 15) is 0 Å². The molecule has 0 spiro atoms. The van der Waals surface area contributed by atoms with E-state index in [0.29, 0.717) is 0 Å². The van der Waals surface area contributed by atoms with E-state index in [1.165, 1.54) is 0 Å². The minimum absolute atomic E-state index is 0.116. The standard InChI is InChI=1S/C14H26O2/c1-4-7-11-15-13-10-14(9-6-3)16-12-8-5-2/h6,10,13-14H,3-5,7-9,11-12H2,1-2H3/b13-10-/t14-/m0/s1. The Bertz CT molecular complexity index is 176. The van der Waals surface area contributed by atoms with Crippen molar-refractivity contribution in [1.82, 2.24) is 0 Å². The summed E-state index contributed by atoms with van der Waals surface area (Å²) >= 11 is 0. The number of hydrogen-bond acceptors (Lipinski definition) is 2. The smallest absolute Gasteiger partial charge is 0.0873 e. The Morgan fingerprint density at radius 3 is 2.44 bits per heavy atom. The van der Waals surface area contributed by atoms with Gasteiger partial charge in [-0.1, -0.05) is 32.8 Å². The molecule has 0 aliphatic rings. The Morgan fingerprint density at radius 2 is 1.81 bits per heavy atom. The summed E-state index contributed by atoms with van der Waals surface area (Å²) in [4.78, 5) is 0. The average molecular weight is 226 g/mol. The van der Waals surface area contributed by atoms with Gasteiger partial charge < -0.3 is 9.47 Å². The van der Waals surface area contributed by atoms with Crippen molar-refractivity contribution in [3.05, 3.63) is 25.0 Å². The van der Waals surface area contributed by atoms with E-state index < -0.39 is 0 Å². The summed E-state index contributed by atoms with van der Waals surface area (Å²) in [6, 6.07) is 0. The predicted molar refractivity (Wildman–Crippen MR) is 69.5 cm³/mol. The van der Waals surface area contributed by atoms with Crippen molar-refractivity contribution in [1.29, 1.82) is 0 Å². The van der Waals surface area contributed by atoms with Crippen LogP contribution in [-0.4, -0.2) is 19.3 Å². The molecule has 0 aromatic heterocycles. The molecule has 0 saturated carbocycles. The molecule has 0 radical (unpaired) electrons. The lowest BCUT2D eigenvalue weighted by Crippen LogP contribution is -2.10. The van der Waals surface area contributed by atoms with E-state index in [1.54, 1.807) is 6.26 Å². The molecule has 0 aromatic carbocycles. The van der Waals surface area contributed by atoms with Crippen molar-refractivity contribution in [2.75, 3.05) is 13.2 Å². The first kappa shape index (κ1) is 15.2. The maximum atomic E-state index is 5.69. The number of hydrogen-bond donors (Lipinski definition) is 0. The van der Waals surface area contributed by atoms with Gasteiger partial charge in [0.05, 0.1) is 19.0 Å². The highest BCUT2D eigenvalue weighted by molar-refractivity contribution is 4.89. The lowest BCUT2D eigenvalue weighted by Gasteiger charge is -2.11. The highest BCUT2D eigenvalue weighted by atomic mass is 16.5. The topological polar surface area (TPSA) is 18.5 Å². The fourth-order valence-corrected chi connectivity index (χ4v) is 1.18. The minimum Gasteiger partial charge on any atom is -0.501 e. The van der Waals surface area contributed by atoms with E-state index in [0.717, 1.165) is 45.3 Å². The molecule has 94 valence electrons. The van der Waals surface area contributed by atoms with Gasteiger partial charge in [0.15, 0.2) is 0 Å². The molecule has 2 heteroatoms. The number of ether oxygens (including phenoxy) is 2. The average Bonchev–Trinajstić information content (AvgIpc) is 2.29. The molecule has 0 fully saturated rings. The summed E-state index contributed by atoms with van der Waals surface area (Å²) in [7, 11) is 0. The molecule has 0 saturated heterocycles. The zero-order valence-electron chi connectivity index (χ0n) is 10.8. The fourth-order valence-electron chi connectivity index (χ4n) is 1.18. The molecule has 0 bridgehead atoms. The van der Waals surface area contributed by atoms with Crippen LogP contribution in [0.4, 0.5) is 0 Å². The van der Waals surface area contributed by atoms with E-state index in [2.05, 4.69) is 20.4 Å². The Balaban J connectivity index is 3.68. The van der Waals surface area contributed by atoms with Gasteiger partial charge in [-0.2, -0.15) is 0 Å². The summed E-state index contributed by atoms with van der Waals surface area (Å²) in [6.45, 7) is 9.66. The molecule has 0 unspecified atom stereocenters. The molecular formula is C14H26O2. The molecule has 0 aromatic rings. The highest BCUT2D eigenvalue weighted by Gasteiger charge is 2.01. The second-order valence-electron chi connectivity index (χ2n) is 3.84. The van der Waals surface area contributed by atoms with Crippen molar-refractivity contribution in [3.63, 3.8) is 0 Å². The summed E-state index contributed by atoms with van der Waals surface area (Å²) < 4.78 is 11.1. The Labute approximate surface area is 100 Å². The van der Waals surface area contributed by atoms with Gasteiger partial charge in [-0.25, -0.2) is 0 Å². The van der Waals surface area contributed by atoms with E-state index in [4.69, 9.17) is 9.47 Å². The third-order valence-electron chi connectivity index (χ3n) is 2.23. The third-order valence-corrected chi connectivity index (χ3v) is 2.23. The Kier molecular flexibility index (Phi) is 11.7. The molecule has 0 aliphatic heterocycles. The van der Waals surface area contributed by atoms with Gasteiger partial charge in [0, 0.05) is 6.61 Å². The van der Waals surface area contributed by atoms with Gasteiger partial charge in [0.1, 0.15) is 0 Å². The van der Waals surface area contributed by atoms with Crippen molar-refractivity contribution in [2.24, 2.45) is 0 Å². The first-order valence-corrected chi connectivity index (χ1v) is 6.35. The minimum atomic E-state index is 0.116. The van der Waals surface area contributed by atoms with Crippen molar-refractivity contribution in [2.45, 2.75) is 52.1 Å². The van der Waals surface area contributed by atoms with Crippen LogP contribution in [0, 0.1) is 0 Å². The SMILES string of the molecule is C=CC[C@@H](/C=C\OCCCC)OCCCC. The molecule has 0 aliphatic carbocycles. The van der Waals surface area contributed by atoms with Crippen LogP contribution in [0.3, 0.4) is 0 Å². The zero-order chi connectivity index (χ0) is 12.1. The predicted octanol–water partition coefficient (Wildman–Crippen LogP) is 4.08. The maximum absolute atomic E-state index is 5.69. The molecule has 16 heavy (non-hydrogen) atoms. The molecule has 0 N–H and O–H groups in total. The maximum Gasteiger partial charge on any atom is 0.0873 e. The zero-order valence-corrected chi connectivity index (χ0v) is 10.8. The first-order valence-electron chi connectivity index (χ1n) is 6.35. The fraction of sp³-hybridized carbons (Fsp3) is 0.714. The quantitative estimate of drug-likeness (QED) is 0.300. The summed E-state index contributed by atoms with van der Waals surface area (Å²) in [5, 5.41) is 0. The second-order valence-corrected chi connectivity index (χ2v) is 3.84. The number of unbranched alkanes of at least 4 members (excludes halogenated alkanes) is 2. The van der Waals surface area contributed by atoms with Crippen LogP contribution < -0.4 is 0 Å². The van der Waals surface area contributed by atoms with Crippen LogP contribution in [0.5, 0.6) is 0 Å². The van der Waals surface area contributed by atoms with E-state index in [-0.39, 0.29) is 6.10 Å². The van der Waals surface area contributed by atoms with Crippen LogP contribution in [0.15, 0.2) is 25.0 Å². The van der Waals surface area contributed by atoms with Gasteiger partial charge in [-0.05, 0) is 25.3 Å². The Morgan fingerprint density at radius 1 is 1.12 bits per heavy atom. The van der Waals surface area contributed by atoms with Gasteiger partial charge in [-0.15, -0.1) is 6.58 Å². The van der Waals surface area contributed by atoms with Gasteiger partial charge in [0.25, 0.3) is 0 Å². The van der Waals surface area contributed by atoms with Crippen LogP contribution in [0.1, 0.15) is 46.0 Å². The lowest BCUT2D eigenvalue weighted by atomic mass is 10.2. The number of rotatable bonds is 11. The lowest BCUT2D eigenvalue weighted by molar-refractivity contribution is 0.0823. The highest BCUT2D eigenvalue weighted by Crippen LogP contribution is 2.04. The molecule has 2 nitrogen and oxygen atoms in total. The monoisotopic (exact) mass is 226 g/mol. The van der Waals surface area contributed by atoms with Crippen molar-refractivity contribution in [3.8, 4) is 0 Å². The molecule has 0 amide bonds. The van der Waals surface area contributed by atoms with Crippen LogP contribution >= 0.6 is 0 Å². The van der Waals surface area contributed by atoms with Gasteiger partial charge in [-0.3, -0.25) is 0 Å². The second kappa shape index (κ2) is 12.3. The van der Waals surface area contributed by atoms with Crippen LogP contribution in [0.2, 0.25) is 0 Å². The van der Waals surface area contributed by atoms with E-state index in [1.807, 2.05) is 12.2 Å². The summed E-state index contributed by atoms with van der Waals surface area (Å²) in [5.41, 5.74) is 0. The largest absolute Gasteiger partial charge is 0.501 e. The van der Waals surface area contributed by atoms with E-state index >= 15 is 0 Å². The molecular weight excluding hydrogens is 200 g/mol. The Hall–Kier alpha value is -0.760. The molecule has 0 rings (SSSR count).